The van der Waals surface area contributed by atoms with Gasteiger partial charge >= 0.3 is 0 Å². The number of aryl methyl sites for hydroxylation is 2. The van der Waals surface area contributed by atoms with Crippen molar-refractivity contribution in [1.29, 1.82) is 0 Å². The van der Waals surface area contributed by atoms with Gasteiger partial charge in [-0.3, -0.25) is 4.98 Å². The number of pyridine rings is 1. The zero-order valence-electron chi connectivity index (χ0n) is 11.9. The molecule has 0 aliphatic rings. The van der Waals surface area contributed by atoms with Crippen molar-refractivity contribution < 1.29 is 5.11 Å². The molecule has 0 amide bonds. The number of aromatic hydroxyl groups is 1. The zero-order valence-corrected chi connectivity index (χ0v) is 11.9. The van der Waals surface area contributed by atoms with Crippen LogP contribution in [0.25, 0.3) is 22.6 Å². The molecule has 21 heavy (non-hydrogen) atoms. The third kappa shape index (κ3) is 2.74. The van der Waals surface area contributed by atoms with Gasteiger partial charge in [-0.25, -0.2) is 9.97 Å². The smallest absolute Gasteiger partial charge is 0.159 e. The Balaban J connectivity index is 2.05. The maximum atomic E-state index is 9.35. The van der Waals surface area contributed by atoms with Crippen molar-refractivity contribution in [2.75, 3.05) is 0 Å². The predicted molar refractivity (Wildman–Crippen MR) is 81.8 cm³/mol. The first-order chi connectivity index (χ1) is 10.1. The van der Waals surface area contributed by atoms with E-state index in [1.54, 1.807) is 30.5 Å². The Morgan fingerprint density at radius 1 is 0.857 bits per heavy atom. The predicted octanol–water partition coefficient (Wildman–Crippen LogP) is 3.53. The van der Waals surface area contributed by atoms with E-state index in [0.717, 1.165) is 28.2 Å². The van der Waals surface area contributed by atoms with Crippen molar-refractivity contribution in [2.45, 2.75) is 13.8 Å². The molecule has 0 saturated carbocycles. The molecule has 1 N–H and O–H groups in total. The minimum Gasteiger partial charge on any atom is -0.508 e. The van der Waals surface area contributed by atoms with Crippen LogP contribution >= 0.6 is 0 Å². The summed E-state index contributed by atoms with van der Waals surface area (Å²) in [7, 11) is 0. The van der Waals surface area contributed by atoms with Crippen molar-refractivity contribution in [3.63, 3.8) is 0 Å². The number of phenols is 1. The van der Waals surface area contributed by atoms with Gasteiger partial charge < -0.3 is 5.11 Å². The molecule has 0 unspecified atom stereocenters. The van der Waals surface area contributed by atoms with Gasteiger partial charge in [0.05, 0.1) is 5.69 Å². The van der Waals surface area contributed by atoms with Crippen LogP contribution in [0.3, 0.4) is 0 Å². The van der Waals surface area contributed by atoms with E-state index < -0.39 is 0 Å². The molecular weight excluding hydrogens is 262 g/mol. The normalized spacial score (nSPS) is 10.6. The van der Waals surface area contributed by atoms with E-state index in [1.807, 2.05) is 32.0 Å². The summed E-state index contributed by atoms with van der Waals surface area (Å²) >= 11 is 0. The van der Waals surface area contributed by atoms with Crippen molar-refractivity contribution in [1.82, 2.24) is 15.0 Å². The maximum absolute atomic E-state index is 9.35. The minimum absolute atomic E-state index is 0.230. The number of hydrogen-bond donors (Lipinski definition) is 1. The average molecular weight is 277 g/mol. The maximum Gasteiger partial charge on any atom is 0.159 e. The van der Waals surface area contributed by atoms with Crippen molar-refractivity contribution in [3.05, 3.63) is 60.0 Å². The second-order valence-electron chi connectivity index (χ2n) is 4.90. The fourth-order valence-electron chi connectivity index (χ4n) is 2.22. The third-order valence-corrected chi connectivity index (χ3v) is 3.28. The summed E-state index contributed by atoms with van der Waals surface area (Å²) in [6.07, 6.45) is 1.74. The van der Waals surface area contributed by atoms with Gasteiger partial charge in [-0.05, 0) is 56.3 Å². The molecule has 2 aromatic heterocycles. The number of benzene rings is 1. The summed E-state index contributed by atoms with van der Waals surface area (Å²) in [4.78, 5) is 13.4. The van der Waals surface area contributed by atoms with E-state index in [2.05, 4.69) is 15.0 Å². The Kier molecular flexibility index (Phi) is 3.36. The first-order valence-corrected chi connectivity index (χ1v) is 6.70. The molecule has 0 aliphatic heterocycles. The quantitative estimate of drug-likeness (QED) is 0.778. The van der Waals surface area contributed by atoms with E-state index in [4.69, 9.17) is 0 Å². The third-order valence-electron chi connectivity index (χ3n) is 3.28. The second-order valence-corrected chi connectivity index (χ2v) is 4.90. The highest BCUT2D eigenvalue weighted by atomic mass is 16.3. The lowest BCUT2D eigenvalue weighted by Gasteiger charge is -2.07. The summed E-state index contributed by atoms with van der Waals surface area (Å²) in [6.45, 7) is 3.95. The molecule has 0 atom stereocenters. The van der Waals surface area contributed by atoms with Gasteiger partial charge in [0.25, 0.3) is 0 Å². The summed E-state index contributed by atoms with van der Waals surface area (Å²) in [5.41, 5.74) is 4.66. The van der Waals surface area contributed by atoms with E-state index in [-0.39, 0.29) is 5.75 Å². The Morgan fingerprint density at radius 3 is 2.33 bits per heavy atom. The van der Waals surface area contributed by atoms with Crippen LogP contribution in [0.15, 0.2) is 48.7 Å². The lowest BCUT2D eigenvalue weighted by atomic mass is 10.1. The van der Waals surface area contributed by atoms with Crippen LogP contribution in [0.5, 0.6) is 5.75 Å². The number of phenolic OH excluding ortho intramolecular Hbond substituents is 1. The largest absolute Gasteiger partial charge is 0.508 e. The SMILES string of the molecule is Cc1ccc(-c2ccnc(-c3ccc(O)cc3)n2)c(C)n1. The van der Waals surface area contributed by atoms with Gasteiger partial charge in [-0.15, -0.1) is 0 Å². The van der Waals surface area contributed by atoms with Gasteiger partial charge in [0.15, 0.2) is 5.82 Å². The van der Waals surface area contributed by atoms with Gasteiger partial charge in [0, 0.05) is 28.7 Å². The summed E-state index contributed by atoms with van der Waals surface area (Å²) in [5.74, 6) is 0.862. The van der Waals surface area contributed by atoms with Crippen molar-refractivity contribution in [2.24, 2.45) is 0 Å². The van der Waals surface area contributed by atoms with Gasteiger partial charge in [-0.1, -0.05) is 0 Å². The molecule has 4 heteroatoms. The van der Waals surface area contributed by atoms with Crippen LogP contribution in [0.1, 0.15) is 11.4 Å². The molecular formula is C17H15N3O. The van der Waals surface area contributed by atoms with Crippen LogP contribution in [0.4, 0.5) is 0 Å². The molecule has 2 heterocycles. The number of hydrogen-bond acceptors (Lipinski definition) is 4. The Hall–Kier alpha value is -2.75. The molecule has 4 nitrogen and oxygen atoms in total. The molecule has 3 aromatic rings. The van der Waals surface area contributed by atoms with Crippen LogP contribution in [-0.4, -0.2) is 20.1 Å². The standard InChI is InChI=1S/C17H15N3O/c1-11-3-8-15(12(2)19-11)16-9-10-18-17(20-16)13-4-6-14(21)7-5-13/h3-10,21H,1-2H3. The monoisotopic (exact) mass is 277 g/mol. The molecule has 0 aliphatic carbocycles. The van der Waals surface area contributed by atoms with Gasteiger partial charge in [0.1, 0.15) is 5.75 Å². The van der Waals surface area contributed by atoms with Gasteiger partial charge in [-0.2, -0.15) is 0 Å². The first kappa shape index (κ1) is 13.2. The number of nitrogens with zero attached hydrogens (tertiary/aromatic N) is 3. The zero-order chi connectivity index (χ0) is 14.8. The highest BCUT2D eigenvalue weighted by molar-refractivity contribution is 5.65. The molecule has 1 aromatic carbocycles. The van der Waals surface area contributed by atoms with Crippen LogP contribution in [0, 0.1) is 13.8 Å². The Labute approximate surface area is 123 Å². The van der Waals surface area contributed by atoms with Crippen molar-refractivity contribution in [3.8, 4) is 28.4 Å². The molecule has 0 spiro atoms. The fraction of sp³-hybridized carbons (Fsp3) is 0.118. The molecule has 0 radical (unpaired) electrons. The Morgan fingerprint density at radius 2 is 1.62 bits per heavy atom. The Bertz CT molecular complexity index is 782. The van der Waals surface area contributed by atoms with Crippen LogP contribution in [0.2, 0.25) is 0 Å². The van der Waals surface area contributed by atoms with E-state index in [1.165, 1.54) is 0 Å². The van der Waals surface area contributed by atoms with E-state index in [9.17, 15) is 5.11 Å². The minimum atomic E-state index is 0.230. The molecule has 3 rings (SSSR count). The lowest BCUT2D eigenvalue weighted by molar-refractivity contribution is 0.475. The molecule has 104 valence electrons. The first-order valence-electron chi connectivity index (χ1n) is 6.70. The van der Waals surface area contributed by atoms with E-state index in [0.29, 0.717) is 5.82 Å². The fourth-order valence-corrected chi connectivity index (χ4v) is 2.22. The summed E-state index contributed by atoms with van der Waals surface area (Å²) < 4.78 is 0. The highest BCUT2D eigenvalue weighted by Gasteiger charge is 2.08. The second kappa shape index (κ2) is 5.32. The van der Waals surface area contributed by atoms with Gasteiger partial charge in [0.2, 0.25) is 0 Å². The van der Waals surface area contributed by atoms with Crippen LogP contribution < -0.4 is 0 Å². The number of rotatable bonds is 2. The molecule has 0 fully saturated rings. The average Bonchev–Trinajstić information content (AvgIpc) is 2.48. The summed E-state index contributed by atoms with van der Waals surface area (Å²) in [6, 6.07) is 12.7. The molecule has 0 saturated heterocycles. The summed E-state index contributed by atoms with van der Waals surface area (Å²) in [5, 5.41) is 9.35. The van der Waals surface area contributed by atoms with Crippen LogP contribution in [-0.2, 0) is 0 Å². The topological polar surface area (TPSA) is 58.9 Å². The molecule has 0 bridgehead atoms. The van der Waals surface area contributed by atoms with E-state index >= 15 is 0 Å². The number of aromatic nitrogens is 3. The highest BCUT2D eigenvalue weighted by Crippen LogP contribution is 2.24. The lowest BCUT2D eigenvalue weighted by Crippen LogP contribution is -1.95. The van der Waals surface area contributed by atoms with Crippen molar-refractivity contribution >= 4 is 0 Å².